The summed E-state index contributed by atoms with van der Waals surface area (Å²) in [6.45, 7) is 1.30. The molecule has 4 unspecified atom stereocenters. The zero-order valence-corrected chi connectivity index (χ0v) is 15.1. The summed E-state index contributed by atoms with van der Waals surface area (Å²) in [5.41, 5.74) is -0.0618. The highest BCUT2D eigenvalue weighted by Gasteiger charge is 2.57. The molecule has 0 saturated heterocycles. The number of hydrogen-bond donors (Lipinski definition) is 2. The maximum atomic E-state index is 12.6. The Kier molecular flexibility index (Phi) is 4.61. The van der Waals surface area contributed by atoms with Crippen molar-refractivity contribution in [1.82, 2.24) is 10.6 Å². The highest BCUT2D eigenvalue weighted by molar-refractivity contribution is 5.98. The van der Waals surface area contributed by atoms with Crippen molar-refractivity contribution in [3.8, 4) is 5.75 Å². The summed E-state index contributed by atoms with van der Waals surface area (Å²) >= 11 is 0. The molecule has 2 amide bonds. The van der Waals surface area contributed by atoms with Crippen molar-refractivity contribution in [2.75, 3.05) is 20.3 Å². The standard InChI is InChI=1S/C20H26N2O4/c1-25-10-4-9-21-18(23)16-11-14-8-7-13(16)12-20(14)22-19(24)15-5-2-3-6-17(15)26-20/h2-3,5-6,13-14,16H,4,7-12H2,1H3,(H,21,23)(H,22,24). The van der Waals surface area contributed by atoms with Gasteiger partial charge in [-0.2, -0.15) is 0 Å². The van der Waals surface area contributed by atoms with Gasteiger partial charge in [-0.25, -0.2) is 0 Å². The zero-order valence-electron chi connectivity index (χ0n) is 15.1. The molecule has 4 aliphatic rings. The molecule has 6 heteroatoms. The predicted molar refractivity (Wildman–Crippen MR) is 95.7 cm³/mol. The van der Waals surface area contributed by atoms with Crippen LogP contribution in [0.4, 0.5) is 0 Å². The summed E-state index contributed by atoms with van der Waals surface area (Å²) in [7, 11) is 1.66. The summed E-state index contributed by atoms with van der Waals surface area (Å²) in [6.07, 6.45) is 4.30. The third kappa shape index (κ3) is 2.96. The number of nitrogens with one attached hydrogen (secondary N) is 2. The van der Waals surface area contributed by atoms with Crippen molar-refractivity contribution < 1.29 is 19.1 Å². The van der Waals surface area contributed by atoms with Gasteiger partial charge in [-0.1, -0.05) is 12.1 Å². The van der Waals surface area contributed by atoms with Crippen molar-refractivity contribution in [2.24, 2.45) is 17.8 Å². The van der Waals surface area contributed by atoms with Crippen molar-refractivity contribution in [1.29, 1.82) is 0 Å². The Morgan fingerprint density at radius 3 is 3.00 bits per heavy atom. The third-order valence-corrected chi connectivity index (χ3v) is 6.13. The van der Waals surface area contributed by atoms with Crippen LogP contribution in [0.5, 0.6) is 5.75 Å². The number of methoxy groups -OCH3 is 1. The van der Waals surface area contributed by atoms with E-state index in [1.165, 1.54) is 0 Å². The molecule has 1 heterocycles. The number of rotatable bonds is 5. The van der Waals surface area contributed by atoms with Crippen LogP contribution in [0.1, 0.15) is 42.5 Å². The number of fused-ring (bicyclic) bond motifs is 3. The lowest BCUT2D eigenvalue weighted by molar-refractivity contribution is -0.146. The number of amides is 2. The van der Waals surface area contributed by atoms with Crippen molar-refractivity contribution >= 4 is 11.8 Å². The van der Waals surface area contributed by atoms with Crippen LogP contribution in [0.3, 0.4) is 0 Å². The molecule has 2 N–H and O–H groups in total. The zero-order chi connectivity index (χ0) is 18.1. The van der Waals surface area contributed by atoms with Crippen LogP contribution in [0, 0.1) is 17.8 Å². The van der Waals surface area contributed by atoms with E-state index in [2.05, 4.69) is 10.6 Å². The van der Waals surface area contributed by atoms with Crippen molar-refractivity contribution in [2.45, 2.75) is 37.8 Å². The molecule has 3 fully saturated rings. The van der Waals surface area contributed by atoms with Gasteiger partial charge in [0.25, 0.3) is 5.91 Å². The molecule has 26 heavy (non-hydrogen) atoms. The highest BCUT2D eigenvalue weighted by atomic mass is 16.5. The van der Waals surface area contributed by atoms with E-state index < -0.39 is 5.72 Å². The lowest BCUT2D eigenvalue weighted by Crippen LogP contribution is -2.66. The van der Waals surface area contributed by atoms with Gasteiger partial charge in [0, 0.05) is 38.5 Å². The predicted octanol–water partition coefficient (Wildman–Crippen LogP) is 2.09. The summed E-state index contributed by atoms with van der Waals surface area (Å²) in [5.74, 6) is 1.14. The fourth-order valence-corrected chi connectivity index (χ4v) is 4.84. The highest BCUT2D eigenvalue weighted by Crippen LogP contribution is 2.52. The van der Waals surface area contributed by atoms with E-state index in [1.807, 2.05) is 18.2 Å². The lowest BCUT2D eigenvalue weighted by Gasteiger charge is -2.55. The maximum absolute atomic E-state index is 12.6. The minimum absolute atomic E-state index is 0.0135. The molecule has 5 rings (SSSR count). The second kappa shape index (κ2) is 6.91. The Labute approximate surface area is 153 Å². The van der Waals surface area contributed by atoms with Gasteiger partial charge in [0.1, 0.15) is 5.75 Å². The number of hydrogen-bond acceptors (Lipinski definition) is 4. The normalized spacial score (nSPS) is 31.9. The third-order valence-electron chi connectivity index (χ3n) is 6.13. The van der Waals surface area contributed by atoms with Gasteiger partial charge in [0.15, 0.2) is 5.72 Å². The van der Waals surface area contributed by atoms with E-state index in [4.69, 9.17) is 9.47 Å². The van der Waals surface area contributed by atoms with E-state index in [0.717, 1.165) is 25.7 Å². The molecule has 0 aromatic heterocycles. The minimum atomic E-state index is -0.652. The van der Waals surface area contributed by atoms with Gasteiger partial charge in [-0.15, -0.1) is 0 Å². The second-order valence-electron chi connectivity index (χ2n) is 7.66. The minimum Gasteiger partial charge on any atom is -0.467 e. The average molecular weight is 358 g/mol. The van der Waals surface area contributed by atoms with E-state index >= 15 is 0 Å². The molecule has 140 valence electrons. The molecule has 1 spiro atoms. The second-order valence-corrected chi connectivity index (χ2v) is 7.66. The molecule has 2 bridgehead atoms. The lowest BCUT2D eigenvalue weighted by atomic mass is 9.60. The van der Waals surface area contributed by atoms with E-state index in [0.29, 0.717) is 30.9 Å². The van der Waals surface area contributed by atoms with Gasteiger partial charge >= 0.3 is 0 Å². The number of ether oxygens (including phenoxy) is 2. The molecular weight excluding hydrogens is 332 g/mol. The summed E-state index contributed by atoms with van der Waals surface area (Å²) < 4.78 is 11.4. The van der Waals surface area contributed by atoms with Crippen LogP contribution in [0.25, 0.3) is 0 Å². The van der Waals surface area contributed by atoms with Gasteiger partial charge in [0.2, 0.25) is 5.91 Å². The summed E-state index contributed by atoms with van der Waals surface area (Å²) in [4.78, 5) is 25.2. The Bertz CT molecular complexity index is 707. The molecule has 6 nitrogen and oxygen atoms in total. The molecule has 1 aromatic rings. The Morgan fingerprint density at radius 2 is 2.23 bits per heavy atom. The monoisotopic (exact) mass is 358 g/mol. The van der Waals surface area contributed by atoms with Crippen LogP contribution in [0.15, 0.2) is 24.3 Å². The SMILES string of the molecule is COCCCNC(=O)C1CC2CCC1CC21NC(=O)c2ccccc2O1. The first-order chi connectivity index (χ1) is 12.6. The molecule has 1 aliphatic heterocycles. The van der Waals surface area contributed by atoms with Crippen molar-refractivity contribution in [3.05, 3.63) is 29.8 Å². The maximum Gasteiger partial charge on any atom is 0.258 e. The average Bonchev–Trinajstić information content (AvgIpc) is 2.65. The first-order valence-electron chi connectivity index (χ1n) is 9.50. The summed E-state index contributed by atoms with van der Waals surface area (Å²) in [5, 5.41) is 6.17. The first kappa shape index (κ1) is 17.3. The van der Waals surface area contributed by atoms with Crippen molar-refractivity contribution in [3.63, 3.8) is 0 Å². The topological polar surface area (TPSA) is 76.7 Å². The number of benzene rings is 1. The van der Waals surface area contributed by atoms with Crippen LogP contribution >= 0.6 is 0 Å². The summed E-state index contributed by atoms with van der Waals surface area (Å²) in [6, 6.07) is 7.38. The Morgan fingerprint density at radius 1 is 1.38 bits per heavy atom. The largest absolute Gasteiger partial charge is 0.467 e. The van der Waals surface area contributed by atoms with Gasteiger partial charge in [-0.3, -0.25) is 9.59 Å². The van der Waals surface area contributed by atoms with Gasteiger partial charge in [-0.05, 0) is 43.7 Å². The Balaban J connectivity index is 1.46. The molecule has 1 aromatic carbocycles. The smallest absolute Gasteiger partial charge is 0.258 e. The van der Waals surface area contributed by atoms with Gasteiger partial charge < -0.3 is 20.1 Å². The molecular formula is C20H26N2O4. The number of carbonyl (C=O) groups excluding carboxylic acids is 2. The molecule has 0 radical (unpaired) electrons. The van der Waals surface area contributed by atoms with E-state index in [9.17, 15) is 9.59 Å². The van der Waals surface area contributed by atoms with Gasteiger partial charge in [0.05, 0.1) is 5.56 Å². The van der Waals surface area contributed by atoms with E-state index in [1.54, 1.807) is 13.2 Å². The number of carbonyl (C=O) groups is 2. The number of para-hydroxylation sites is 1. The Hall–Kier alpha value is -2.08. The quantitative estimate of drug-likeness (QED) is 0.791. The van der Waals surface area contributed by atoms with Crippen LogP contribution < -0.4 is 15.4 Å². The molecule has 3 saturated carbocycles. The van der Waals surface area contributed by atoms with Crippen LogP contribution in [0.2, 0.25) is 0 Å². The molecule has 3 aliphatic carbocycles. The van der Waals surface area contributed by atoms with Crippen LogP contribution in [-0.4, -0.2) is 37.8 Å². The molecule has 4 atom stereocenters. The van der Waals surface area contributed by atoms with E-state index in [-0.39, 0.29) is 29.6 Å². The van der Waals surface area contributed by atoms with Crippen LogP contribution in [-0.2, 0) is 9.53 Å². The first-order valence-corrected chi connectivity index (χ1v) is 9.50. The fourth-order valence-electron chi connectivity index (χ4n) is 4.84. The fraction of sp³-hybridized carbons (Fsp3) is 0.600.